The van der Waals surface area contributed by atoms with Gasteiger partial charge in [-0.15, -0.1) is 0 Å². The van der Waals surface area contributed by atoms with Crippen molar-refractivity contribution in [1.82, 2.24) is 19.9 Å². The number of pyridine rings is 2. The second kappa shape index (κ2) is 6.80. The van der Waals surface area contributed by atoms with Crippen LogP contribution in [0.2, 0.25) is 0 Å². The molecule has 0 fully saturated rings. The average molecular weight is 375 g/mol. The molecule has 0 radical (unpaired) electrons. The standard InChI is InChI=1S/C15H10FN5O4S/c16-11-6-10(8-20-13(11)15(22)23)21-26(24,25)12-3-2-9(7-19-12)14-17-4-1-5-18-14/h1-8,21H,(H,22,23). The first kappa shape index (κ1) is 17.4. The molecule has 0 amide bonds. The maximum Gasteiger partial charge on any atom is 0.357 e. The van der Waals surface area contributed by atoms with Crippen LogP contribution in [0.5, 0.6) is 0 Å². The van der Waals surface area contributed by atoms with Crippen LogP contribution in [0.25, 0.3) is 11.4 Å². The first-order chi connectivity index (χ1) is 12.4. The Labute approximate surface area is 146 Å². The molecular formula is C15H10FN5O4S. The molecule has 0 spiro atoms. The molecule has 11 heteroatoms. The van der Waals surface area contributed by atoms with Crippen molar-refractivity contribution in [1.29, 1.82) is 0 Å². The van der Waals surface area contributed by atoms with E-state index in [9.17, 15) is 17.6 Å². The van der Waals surface area contributed by atoms with E-state index in [1.807, 2.05) is 0 Å². The number of halogens is 1. The van der Waals surface area contributed by atoms with Crippen LogP contribution in [0.1, 0.15) is 10.5 Å². The lowest BCUT2D eigenvalue weighted by Crippen LogP contribution is -2.15. The lowest BCUT2D eigenvalue weighted by atomic mass is 10.3. The zero-order chi connectivity index (χ0) is 18.7. The van der Waals surface area contributed by atoms with E-state index in [0.29, 0.717) is 11.4 Å². The Morgan fingerprint density at radius 1 is 1.08 bits per heavy atom. The number of nitrogens with one attached hydrogen (secondary N) is 1. The Morgan fingerprint density at radius 3 is 2.38 bits per heavy atom. The fourth-order valence-corrected chi connectivity index (χ4v) is 2.94. The van der Waals surface area contributed by atoms with E-state index in [0.717, 1.165) is 12.3 Å². The van der Waals surface area contributed by atoms with Gasteiger partial charge in [0.05, 0.1) is 11.9 Å². The number of aromatic carboxylic acids is 1. The molecule has 3 aromatic heterocycles. The lowest BCUT2D eigenvalue weighted by Gasteiger charge is -2.08. The minimum absolute atomic E-state index is 0.232. The molecule has 0 aliphatic carbocycles. The molecule has 0 aromatic carbocycles. The summed E-state index contributed by atoms with van der Waals surface area (Å²) >= 11 is 0. The zero-order valence-corrected chi connectivity index (χ0v) is 13.7. The Bertz CT molecular complexity index is 1060. The first-order valence-electron chi connectivity index (χ1n) is 7.02. The smallest absolute Gasteiger partial charge is 0.357 e. The largest absolute Gasteiger partial charge is 0.476 e. The molecule has 0 unspecified atom stereocenters. The quantitative estimate of drug-likeness (QED) is 0.686. The predicted octanol–water partition coefficient (Wildman–Crippen LogP) is 1.57. The fraction of sp³-hybridized carbons (Fsp3) is 0. The zero-order valence-electron chi connectivity index (χ0n) is 12.9. The van der Waals surface area contributed by atoms with E-state index in [2.05, 4.69) is 24.7 Å². The first-order valence-corrected chi connectivity index (χ1v) is 8.50. The van der Waals surface area contributed by atoms with E-state index in [4.69, 9.17) is 5.11 Å². The van der Waals surface area contributed by atoms with Crippen LogP contribution in [0.3, 0.4) is 0 Å². The molecule has 26 heavy (non-hydrogen) atoms. The van der Waals surface area contributed by atoms with Gasteiger partial charge in [-0.2, -0.15) is 8.42 Å². The van der Waals surface area contributed by atoms with Gasteiger partial charge >= 0.3 is 5.97 Å². The van der Waals surface area contributed by atoms with Crippen LogP contribution in [0.15, 0.2) is 54.1 Å². The highest BCUT2D eigenvalue weighted by Gasteiger charge is 2.19. The molecule has 0 aliphatic rings. The van der Waals surface area contributed by atoms with Crippen LogP contribution in [-0.4, -0.2) is 39.4 Å². The Morgan fingerprint density at radius 2 is 1.81 bits per heavy atom. The molecule has 0 atom stereocenters. The lowest BCUT2D eigenvalue weighted by molar-refractivity contribution is 0.0685. The van der Waals surface area contributed by atoms with E-state index >= 15 is 0 Å². The molecule has 3 heterocycles. The number of hydrogen-bond acceptors (Lipinski definition) is 7. The van der Waals surface area contributed by atoms with Crippen LogP contribution < -0.4 is 4.72 Å². The second-order valence-electron chi connectivity index (χ2n) is 4.92. The summed E-state index contributed by atoms with van der Waals surface area (Å²) in [5, 5.41) is 8.41. The number of anilines is 1. The topological polar surface area (TPSA) is 135 Å². The number of rotatable bonds is 5. The highest BCUT2D eigenvalue weighted by Crippen LogP contribution is 2.18. The number of hydrogen-bond donors (Lipinski definition) is 2. The Kier molecular flexibility index (Phi) is 4.54. The molecular weight excluding hydrogens is 365 g/mol. The fourth-order valence-electron chi connectivity index (χ4n) is 1.98. The third kappa shape index (κ3) is 3.62. The Balaban J connectivity index is 1.84. The van der Waals surface area contributed by atoms with Crippen molar-refractivity contribution in [2.45, 2.75) is 5.03 Å². The van der Waals surface area contributed by atoms with Gasteiger partial charge in [0.25, 0.3) is 10.0 Å². The van der Waals surface area contributed by atoms with Gasteiger partial charge < -0.3 is 5.11 Å². The van der Waals surface area contributed by atoms with Crippen LogP contribution in [0, 0.1) is 5.82 Å². The second-order valence-corrected chi connectivity index (χ2v) is 6.55. The molecule has 0 aliphatic heterocycles. The normalized spacial score (nSPS) is 11.1. The number of carboxylic acids is 1. The van der Waals surface area contributed by atoms with E-state index in [1.165, 1.54) is 30.7 Å². The minimum atomic E-state index is -4.12. The van der Waals surface area contributed by atoms with E-state index < -0.39 is 27.5 Å². The summed E-state index contributed by atoms with van der Waals surface area (Å²) < 4.78 is 40.3. The number of carboxylic acid groups (broad SMARTS) is 1. The molecule has 132 valence electrons. The number of nitrogens with zero attached hydrogens (tertiary/aromatic N) is 4. The van der Waals surface area contributed by atoms with Crippen molar-refractivity contribution >= 4 is 21.7 Å². The van der Waals surface area contributed by atoms with Gasteiger partial charge in [0.1, 0.15) is 0 Å². The van der Waals surface area contributed by atoms with Crippen molar-refractivity contribution in [3.8, 4) is 11.4 Å². The van der Waals surface area contributed by atoms with Gasteiger partial charge in [-0.05, 0) is 18.2 Å². The molecule has 2 N–H and O–H groups in total. The highest BCUT2D eigenvalue weighted by atomic mass is 32.2. The maximum atomic E-state index is 13.6. The van der Waals surface area contributed by atoms with Gasteiger partial charge in [0.15, 0.2) is 22.4 Å². The van der Waals surface area contributed by atoms with Gasteiger partial charge in [0, 0.05) is 30.2 Å². The third-order valence-corrected chi connectivity index (χ3v) is 4.43. The Hall–Kier alpha value is -3.47. The predicted molar refractivity (Wildman–Crippen MR) is 87.2 cm³/mol. The summed E-state index contributed by atoms with van der Waals surface area (Å²) in [6, 6.07) is 5.08. The molecule has 9 nitrogen and oxygen atoms in total. The van der Waals surface area contributed by atoms with Crippen molar-refractivity contribution in [2.75, 3.05) is 4.72 Å². The summed E-state index contributed by atoms with van der Waals surface area (Å²) in [5.41, 5.74) is -0.522. The van der Waals surface area contributed by atoms with Crippen molar-refractivity contribution < 1.29 is 22.7 Å². The molecule has 0 bridgehead atoms. The maximum absolute atomic E-state index is 13.6. The van der Waals surface area contributed by atoms with Gasteiger partial charge in [-0.1, -0.05) is 0 Å². The summed E-state index contributed by atoms with van der Waals surface area (Å²) in [6.45, 7) is 0. The molecule has 3 rings (SSSR count). The average Bonchev–Trinajstić information content (AvgIpc) is 2.62. The molecule has 0 saturated carbocycles. The highest BCUT2D eigenvalue weighted by molar-refractivity contribution is 7.92. The van der Waals surface area contributed by atoms with E-state index in [-0.39, 0.29) is 10.7 Å². The third-order valence-electron chi connectivity index (χ3n) is 3.13. The molecule has 3 aromatic rings. The van der Waals surface area contributed by atoms with Gasteiger partial charge in [-0.3, -0.25) is 4.72 Å². The number of sulfonamides is 1. The minimum Gasteiger partial charge on any atom is -0.476 e. The van der Waals surface area contributed by atoms with Crippen molar-refractivity contribution in [2.24, 2.45) is 0 Å². The van der Waals surface area contributed by atoms with Crippen molar-refractivity contribution in [3.63, 3.8) is 0 Å². The van der Waals surface area contributed by atoms with Gasteiger partial charge in [-0.25, -0.2) is 29.1 Å². The summed E-state index contributed by atoms with van der Waals surface area (Å²) in [4.78, 5) is 26.0. The summed E-state index contributed by atoms with van der Waals surface area (Å²) in [6.07, 6.45) is 5.26. The van der Waals surface area contributed by atoms with Gasteiger partial charge in [0.2, 0.25) is 0 Å². The van der Waals surface area contributed by atoms with E-state index in [1.54, 1.807) is 6.07 Å². The number of aromatic nitrogens is 4. The molecule has 0 saturated heterocycles. The summed E-state index contributed by atoms with van der Waals surface area (Å²) in [5.74, 6) is -2.34. The van der Waals surface area contributed by atoms with Crippen LogP contribution >= 0.6 is 0 Å². The van der Waals surface area contributed by atoms with Crippen molar-refractivity contribution in [3.05, 3.63) is 60.6 Å². The monoisotopic (exact) mass is 375 g/mol. The van der Waals surface area contributed by atoms with Crippen LogP contribution in [-0.2, 0) is 10.0 Å². The van der Waals surface area contributed by atoms with Crippen LogP contribution in [0.4, 0.5) is 10.1 Å². The summed E-state index contributed by atoms with van der Waals surface area (Å²) in [7, 11) is -4.12. The number of carbonyl (C=O) groups is 1. The SMILES string of the molecule is O=C(O)c1ncc(NS(=O)(=O)c2ccc(-c3ncccn3)cn2)cc1F.